The van der Waals surface area contributed by atoms with E-state index in [1.54, 1.807) is 39.0 Å². The minimum Gasteiger partial charge on any atom is -0.451 e. The number of benzene rings is 1. The van der Waals surface area contributed by atoms with Crippen molar-refractivity contribution in [2.24, 2.45) is 5.41 Å². The number of aromatic nitrogens is 2. The van der Waals surface area contributed by atoms with Gasteiger partial charge in [0.2, 0.25) is 11.9 Å². The minimum atomic E-state index is -0.559. The average Bonchev–Trinajstić information content (AvgIpc) is 2.76. The van der Waals surface area contributed by atoms with Crippen LogP contribution in [0.25, 0.3) is 22.1 Å². The van der Waals surface area contributed by atoms with E-state index in [1.807, 2.05) is 0 Å². The van der Waals surface area contributed by atoms with Crippen molar-refractivity contribution in [3.05, 3.63) is 28.4 Å². The quantitative estimate of drug-likeness (QED) is 0.655. The molecule has 5 nitrogen and oxygen atoms in total. The Morgan fingerprint density at radius 3 is 2.64 bits per heavy atom. The third-order valence-electron chi connectivity index (χ3n) is 3.14. The summed E-state index contributed by atoms with van der Waals surface area (Å²) in [4.78, 5) is 20.5. The summed E-state index contributed by atoms with van der Waals surface area (Å²) in [5.41, 5.74) is 0.915. The van der Waals surface area contributed by atoms with E-state index in [0.29, 0.717) is 21.7 Å². The zero-order chi connectivity index (χ0) is 16.1. The first kappa shape index (κ1) is 15.1. The lowest BCUT2D eigenvalue weighted by molar-refractivity contribution is -0.123. The lowest BCUT2D eigenvalue weighted by Gasteiger charge is -2.16. The van der Waals surface area contributed by atoms with Crippen molar-refractivity contribution in [2.75, 3.05) is 5.32 Å². The molecule has 1 amide bonds. The van der Waals surface area contributed by atoms with Crippen molar-refractivity contribution in [3.8, 4) is 0 Å². The lowest BCUT2D eigenvalue weighted by atomic mass is 9.96. The second-order valence-electron chi connectivity index (χ2n) is 5.96. The van der Waals surface area contributed by atoms with Crippen LogP contribution in [0.3, 0.4) is 0 Å². The van der Waals surface area contributed by atoms with Gasteiger partial charge in [0, 0.05) is 21.9 Å². The first-order valence-corrected chi connectivity index (χ1v) is 7.38. The van der Waals surface area contributed by atoms with Crippen molar-refractivity contribution >= 4 is 57.1 Å². The molecule has 3 rings (SSSR count). The minimum absolute atomic E-state index is 0.140. The maximum absolute atomic E-state index is 12.1. The zero-order valence-corrected chi connectivity index (χ0v) is 13.7. The number of furan rings is 1. The Hall–Kier alpha value is -1.85. The molecule has 0 unspecified atom stereocenters. The fourth-order valence-corrected chi connectivity index (χ4v) is 2.30. The number of carbonyl (C=O) groups excluding carboxylic acids is 1. The van der Waals surface area contributed by atoms with Crippen LogP contribution in [0.5, 0.6) is 0 Å². The third kappa shape index (κ3) is 2.62. The Kier molecular flexibility index (Phi) is 3.50. The van der Waals surface area contributed by atoms with E-state index < -0.39 is 5.41 Å². The summed E-state index contributed by atoms with van der Waals surface area (Å²) in [6.45, 7) is 5.41. The largest absolute Gasteiger partial charge is 0.451 e. The first-order chi connectivity index (χ1) is 10.3. The summed E-state index contributed by atoms with van der Waals surface area (Å²) in [5, 5.41) is 4.12. The van der Waals surface area contributed by atoms with Crippen molar-refractivity contribution in [1.29, 1.82) is 0 Å². The smallest absolute Gasteiger partial charge is 0.232 e. The zero-order valence-electron chi connectivity index (χ0n) is 12.2. The Bertz CT molecular complexity index is 897. The van der Waals surface area contributed by atoms with E-state index in [1.165, 1.54) is 0 Å². The Labute approximate surface area is 136 Å². The highest BCUT2D eigenvalue weighted by Gasteiger charge is 2.23. The van der Waals surface area contributed by atoms with Crippen LogP contribution in [0.4, 0.5) is 5.95 Å². The number of halogens is 2. The number of rotatable bonds is 1. The van der Waals surface area contributed by atoms with Gasteiger partial charge in [-0.1, -0.05) is 44.0 Å². The first-order valence-electron chi connectivity index (χ1n) is 6.62. The number of anilines is 1. The highest BCUT2D eigenvalue weighted by atomic mass is 35.5. The molecule has 7 heteroatoms. The molecule has 0 aliphatic carbocycles. The standard InChI is InChI=1S/C15H13Cl2N3O2/c1-15(2,3)13(21)20-14-18-10-8-5-4-7(16)6-9(8)22-11(10)12(17)19-14/h4-6H,1-3H3,(H,18,19,20,21). The average molecular weight is 338 g/mol. The van der Waals surface area contributed by atoms with Gasteiger partial charge in [-0.2, -0.15) is 4.98 Å². The van der Waals surface area contributed by atoms with Crippen LogP contribution in [-0.4, -0.2) is 15.9 Å². The summed E-state index contributed by atoms with van der Waals surface area (Å²) >= 11 is 12.1. The van der Waals surface area contributed by atoms with Gasteiger partial charge in [-0.15, -0.1) is 0 Å². The lowest BCUT2D eigenvalue weighted by Crippen LogP contribution is -2.28. The molecule has 22 heavy (non-hydrogen) atoms. The van der Waals surface area contributed by atoms with Gasteiger partial charge >= 0.3 is 0 Å². The summed E-state index contributed by atoms with van der Waals surface area (Å²) in [7, 11) is 0. The van der Waals surface area contributed by atoms with E-state index in [2.05, 4.69) is 15.3 Å². The number of fused-ring (bicyclic) bond motifs is 3. The summed E-state index contributed by atoms with van der Waals surface area (Å²) in [5.74, 6) is -0.0474. The molecule has 2 aromatic heterocycles. The summed E-state index contributed by atoms with van der Waals surface area (Å²) in [6.07, 6.45) is 0. The van der Waals surface area contributed by atoms with Crippen LogP contribution < -0.4 is 5.32 Å². The summed E-state index contributed by atoms with van der Waals surface area (Å²) in [6, 6.07) is 5.22. The van der Waals surface area contributed by atoms with Gasteiger partial charge in [-0.3, -0.25) is 10.1 Å². The van der Waals surface area contributed by atoms with Crippen LogP contribution >= 0.6 is 23.2 Å². The molecule has 0 aliphatic rings. The van der Waals surface area contributed by atoms with Crippen LogP contribution in [-0.2, 0) is 4.79 Å². The summed E-state index contributed by atoms with van der Waals surface area (Å²) < 4.78 is 5.64. The maximum Gasteiger partial charge on any atom is 0.232 e. The van der Waals surface area contributed by atoms with Crippen LogP contribution in [0.2, 0.25) is 10.2 Å². The molecule has 0 aliphatic heterocycles. The van der Waals surface area contributed by atoms with E-state index >= 15 is 0 Å². The van der Waals surface area contributed by atoms with Gasteiger partial charge in [0.15, 0.2) is 10.7 Å². The van der Waals surface area contributed by atoms with E-state index in [9.17, 15) is 4.79 Å². The molecule has 0 spiro atoms. The third-order valence-corrected chi connectivity index (χ3v) is 3.63. The fourth-order valence-electron chi connectivity index (χ4n) is 1.93. The molecule has 3 aromatic rings. The molecule has 1 aromatic carbocycles. The monoisotopic (exact) mass is 337 g/mol. The molecule has 1 N–H and O–H groups in total. The second-order valence-corrected chi connectivity index (χ2v) is 6.76. The molecule has 0 fully saturated rings. The number of nitrogens with one attached hydrogen (secondary N) is 1. The molecular weight excluding hydrogens is 325 g/mol. The van der Waals surface area contributed by atoms with Gasteiger partial charge in [-0.25, -0.2) is 4.98 Å². The van der Waals surface area contributed by atoms with Crippen LogP contribution in [0.15, 0.2) is 22.6 Å². The molecule has 114 valence electrons. The van der Waals surface area contributed by atoms with E-state index in [4.69, 9.17) is 27.6 Å². The Morgan fingerprint density at radius 1 is 1.23 bits per heavy atom. The Morgan fingerprint density at radius 2 is 1.95 bits per heavy atom. The molecule has 0 saturated heterocycles. The SMILES string of the molecule is CC(C)(C)C(=O)Nc1nc(Cl)c2oc3cc(Cl)ccc3c2n1. The molecular formula is C15H13Cl2N3O2. The highest BCUT2D eigenvalue weighted by Crippen LogP contribution is 2.33. The van der Waals surface area contributed by atoms with Crippen molar-refractivity contribution in [1.82, 2.24) is 9.97 Å². The number of hydrogen-bond acceptors (Lipinski definition) is 4. The van der Waals surface area contributed by atoms with Crippen LogP contribution in [0.1, 0.15) is 20.8 Å². The molecule has 0 bridgehead atoms. The second kappa shape index (κ2) is 5.11. The maximum atomic E-state index is 12.1. The number of amides is 1. The molecule has 0 saturated carbocycles. The van der Waals surface area contributed by atoms with Gasteiger partial charge in [0.25, 0.3) is 0 Å². The molecule has 2 heterocycles. The highest BCUT2D eigenvalue weighted by molar-refractivity contribution is 6.35. The number of hydrogen-bond donors (Lipinski definition) is 1. The van der Waals surface area contributed by atoms with E-state index in [0.717, 1.165) is 5.39 Å². The van der Waals surface area contributed by atoms with Gasteiger partial charge in [-0.05, 0) is 12.1 Å². The molecule has 0 radical (unpaired) electrons. The fraction of sp³-hybridized carbons (Fsp3) is 0.267. The van der Waals surface area contributed by atoms with Crippen LogP contribution in [0, 0.1) is 5.41 Å². The number of nitrogens with zero attached hydrogens (tertiary/aromatic N) is 2. The Balaban J connectivity index is 2.15. The van der Waals surface area contributed by atoms with Gasteiger partial charge in [0.05, 0.1) is 0 Å². The van der Waals surface area contributed by atoms with E-state index in [-0.39, 0.29) is 17.0 Å². The van der Waals surface area contributed by atoms with Crippen molar-refractivity contribution in [2.45, 2.75) is 20.8 Å². The van der Waals surface area contributed by atoms with Crippen molar-refractivity contribution < 1.29 is 9.21 Å². The normalized spacial score (nSPS) is 12.0. The van der Waals surface area contributed by atoms with Gasteiger partial charge in [0.1, 0.15) is 11.1 Å². The molecule has 0 atom stereocenters. The topological polar surface area (TPSA) is 68.0 Å². The van der Waals surface area contributed by atoms with Gasteiger partial charge < -0.3 is 4.42 Å². The van der Waals surface area contributed by atoms with Crippen molar-refractivity contribution in [3.63, 3.8) is 0 Å². The number of carbonyl (C=O) groups is 1. The predicted octanol–water partition coefficient (Wildman–Crippen LogP) is 4.67. The predicted molar refractivity (Wildman–Crippen MR) is 87.4 cm³/mol.